The predicted molar refractivity (Wildman–Crippen MR) is 94.6 cm³/mol. The SMILES string of the molecule is COc1ccc2nccc([C@@H](O)[C@H](O)[C@@H]3CC[C@@H](N)[C@@H](CCO)O3)c2n1. The van der Waals surface area contributed by atoms with Gasteiger partial charge in [0, 0.05) is 30.5 Å². The first-order chi connectivity index (χ1) is 12.5. The number of nitrogens with zero attached hydrogens (tertiary/aromatic N) is 2. The summed E-state index contributed by atoms with van der Waals surface area (Å²) >= 11 is 0. The Balaban J connectivity index is 1.84. The summed E-state index contributed by atoms with van der Waals surface area (Å²) in [5.41, 5.74) is 7.53. The van der Waals surface area contributed by atoms with Crippen LogP contribution in [0.5, 0.6) is 5.88 Å². The van der Waals surface area contributed by atoms with Gasteiger partial charge in [0.05, 0.1) is 30.4 Å². The molecule has 0 aliphatic carbocycles. The first-order valence-corrected chi connectivity index (χ1v) is 8.72. The average molecular weight is 363 g/mol. The van der Waals surface area contributed by atoms with Crippen LogP contribution in [0.1, 0.15) is 30.9 Å². The fourth-order valence-electron chi connectivity index (χ4n) is 3.36. The molecule has 0 spiro atoms. The molecule has 0 saturated carbocycles. The Kier molecular flexibility index (Phi) is 6.00. The number of rotatable bonds is 6. The van der Waals surface area contributed by atoms with Gasteiger partial charge in [0.2, 0.25) is 5.88 Å². The second kappa shape index (κ2) is 8.24. The fourth-order valence-corrected chi connectivity index (χ4v) is 3.36. The van der Waals surface area contributed by atoms with Crippen molar-refractivity contribution in [3.05, 3.63) is 30.0 Å². The highest BCUT2D eigenvalue weighted by Crippen LogP contribution is 2.31. The lowest BCUT2D eigenvalue weighted by Gasteiger charge is -2.38. The molecule has 2 aromatic rings. The lowest BCUT2D eigenvalue weighted by molar-refractivity contribution is -0.146. The molecule has 1 fully saturated rings. The van der Waals surface area contributed by atoms with Crippen LogP contribution in [0.25, 0.3) is 11.0 Å². The van der Waals surface area contributed by atoms with Gasteiger partial charge in [-0.2, -0.15) is 0 Å². The topological polar surface area (TPSA) is 131 Å². The maximum atomic E-state index is 10.8. The van der Waals surface area contributed by atoms with Gasteiger partial charge in [-0.05, 0) is 31.4 Å². The number of fused-ring (bicyclic) bond motifs is 1. The Morgan fingerprint density at radius 2 is 2.12 bits per heavy atom. The van der Waals surface area contributed by atoms with Crippen LogP contribution in [-0.4, -0.2) is 63.4 Å². The van der Waals surface area contributed by atoms with E-state index in [1.807, 2.05) is 0 Å². The van der Waals surface area contributed by atoms with Gasteiger partial charge in [-0.25, -0.2) is 4.98 Å². The third-order valence-corrected chi connectivity index (χ3v) is 4.85. The van der Waals surface area contributed by atoms with Crippen molar-refractivity contribution in [2.24, 2.45) is 5.73 Å². The summed E-state index contributed by atoms with van der Waals surface area (Å²) in [5.74, 6) is 0.399. The molecule has 0 amide bonds. The first-order valence-electron chi connectivity index (χ1n) is 8.72. The van der Waals surface area contributed by atoms with Crippen molar-refractivity contribution in [1.82, 2.24) is 9.97 Å². The van der Waals surface area contributed by atoms with E-state index < -0.39 is 18.3 Å². The quantitative estimate of drug-likeness (QED) is 0.576. The maximum Gasteiger partial charge on any atom is 0.213 e. The van der Waals surface area contributed by atoms with Crippen LogP contribution in [0.3, 0.4) is 0 Å². The van der Waals surface area contributed by atoms with Crippen LogP contribution in [0.2, 0.25) is 0 Å². The van der Waals surface area contributed by atoms with Crippen molar-refractivity contribution in [1.29, 1.82) is 0 Å². The zero-order valence-electron chi connectivity index (χ0n) is 14.7. The summed E-state index contributed by atoms with van der Waals surface area (Å²) in [6.07, 6.45) is -0.117. The number of aliphatic hydroxyl groups is 3. The van der Waals surface area contributed by atoms with Crippen molar-refractivity contribution in [2.75, 3.05) is 13.7 Å². The third-order valence-electron chi connectivity index (χ3n) is 4.85. The first kappa shape index (κ1) is 18.9. The van der Waals surface area contributed by atoms with Crippen LogP contribution in [0.15, 0.2) is 24.4 Å². The average Bonchev–Trinajstić information content (AvgIpc) is 2.67. The van der Waals surface area contributed by atoms with Gasteiger partial charge in [0.1, 0.15) is 12.2 Å². The van der Waals surface area contributed by atoms with E-state index in [1.54, 1.807) is 24.4 Å². The van der Waals surface area contributed by atoms with E-state index in [0.717, 1.165) is 0 Å². The van der Waals surface area contributed by atoms with Crippen LogP contribution in [0.4, 0.5) is 0 Å². The molecule has 0 unspecified atom stereocenters. The number of aliphatic hydroxyl groups excluding tert-OH is 3. The Bertz CT molecular complexity index is 744. The van der Waals surface area contributed by atoms with Crippen molar-refractivity contribution in [2.45, 2.75) is 49.7 Å². The molecule has 8 nitrogen and oxygen atoms in total. The summed E-state index contributed by atoms with van der Waals surface area (Å²) in [4.78, 5) is 8.58. The van der Waals surface area contributed by atoms with E-state index in [0.29, 0.717) is 41.7 Å². The Hall–Kier alpha value is -1.84. The molecule has 8 heteroatoms. The second-order valence-corrected chi connectivity index (χ2v) is 6.52. The monoisotopic (exact) mass is 363 g/mol. The van der Waals surface area contributed by atoms with Gasteiger partial charge in [-0.3, -0.25) is 4.98 Å². The third kappa shape index (κ3) is 3.79. The largest absolute Gasteiger partial charge is 0.481 e. The van der Waals surface area contributed by atoms with E-state index in [1.165, 1.54) is 7.11 Å². The van der Waals surface area contributed by atoms with Gasteiger partial charge in [0.15, 0.2) is 0 Å². The summed E-state index contributed by atoms with van der Waals surface area (Å²) in [6.45, 7) is -0.0392. The highest BCUT2D eigenvalue weighted by atomic mass is 16.5. The van der Waals surface area contributed by atoms with Crippen molar-refractivity contribution >= 4 is 11.0 Å². The smallest absolute Gasteiger partial charge is 0.213 e. The molecule has 26 heavy (non-hydrogen) atoms. The van der Waals surface area contributed by atoms with Gasteiger partial charge >= 0.3 is 0 Å². The summed E-state index contributed by atoms with van der Waals surface area (Å²) < 4.78 is 11.0. The summed E-state index contributed by atoms with van der Waals surface area (Å²) in [6, 6.07) is 4.88. The van der Waals surface area contributed by atoms with E-state index in [-0.39, 0.29) is 18.8 Å². The summed E-state index contributed by atoms with van der Waals surface area (Å²) in [5, 5.41) is 30.6. The van der Waals surface area contributed by atoms with Crippen LogP contribution in [-0.2, 0) is 4.74 Å². The molecule has 5 atom stereocenters. The van der Waals surface area contributed by atoms with E-state index >= 15 is 0 Å². The molecule has 5 N–H and O–H groups in total. The Morgan fingerprint density at radius 3 is 2.85 bits per heavy atom. The zero-order chi connectivity index (χ0) is 18.7. The minimum Gasteiger partial charge on any atom is -0.481 e. The normalized spacial score (nSPS) is 25.8. The van der Waals surface area contributed by atoms with E-state index in [4.69, 9.17) is 20.3 Å². The van der Waals surface area contributed by atoms with Gasteiger partial charge in [-0.15, -0.1) is 0 Å². The van der Waals surface area contributed by atoms with Crippen molar-refractivity contribution in [3.8, 4) is 5.88 Å². The molecular weight excluding hydrogens is 338 g/mol. The number of nitrogens with two attached hydrogens (primary N) is 1. The maximum absolute atomic E-state index is 10.8. The van der Waals surface area contributed by atoms with Crippen LogP contribution >= 0.6 is 0 Å². The van der Waals surface area contributed by atoms with Crippen molar-refractivity contribution in [3.63, 3.8) is 0 Å². The molecule has 3 heterocycles. The van der Waals surface area contributed by atoms with E-state index in [9.17, 15) is 10.2 Å². The number of hydrogen-bond donors (Lipinski definition) is 4. The lowest BCUT2D eigenvalue weighted by atomic mass is 9.91. The highest BCUT2D eigenvalue weighted by molar-refractivity contribution is 5.78. The standard InChI is InChI=1S/C18H25N3O5/c1-25-15-5-3-12-16(21-15)10(6-8-20-12)17(23)18(24)14-4-2-11(19)13(26-14)7-9-22/h3,5-6,8,11,13-14,17-18,22-24H,2,4,7,9,19H2,1H3/t11-,13-,14+,17-,18-/m1/s1. The van der Waals surface area contributed by atoms with Crippen molar-refractivity contribution < 1.29 is 24.8 Å². The molecule has 0 radical (unpaired) electrons. The van der Waals surface area contributed by atoms with Gasteiger partial charge in [-0.1, -0.05) is 0 Å². The van der Waals surface area contributed by atoms with Crippen LogP contribution in [0, 0.1) is 0 Å². The number of hydrogen-bond acceptors (Lipinski definition) is 8. The number of ether oxygens (including phenoxy) is 2. The lowest BCUT2D eigenvalue weighted by Crippen LogP contribution is -2.49. The molecule has 142 valence electrons. The molecule has 1 aliphatic rings. The number of pyridine rings is 2. The number of methoxy groups -OCH3 is 1. The second-order valence-electron chi connectivity index (χ2n) is 6.52. The molecule has 1 aliphatic heterocycles. The van der Waals surface area contributed by atoms with Gasteiger partial charge in [0.25, 0.3) is 0 Å². The minimum atomic E-state index is -1.20. The highest BCUT2D eigenvalue weighted by Gasteiger charge is 2.36. The number of aromatic nitrogens is 2. The molecule has 3 rings (SSSR count). The predicted octanol–water partition coefficient (Wildman–Crippen LogP) is 0.290. The molecule has 1 saturated heterocycles. The zero-order valence-corrected chi connectivity index (χ0v) is 14.7. The molecule has 2 aromatic heterocycles. The molecular formula is C18H25N3O5. The van der Waals surface area contributed by atoms with Gasteiger partial charge < -0.3 is 30.5 Å². The Labute approximate surface area is 151 Å². The van der Waals surface area contributed by atoms with Crippen LogP contribution < -0.4 is 10.5 Å². The Morgan fingerprint density at radius 1 is 1.31 bits per heavy atom. The molecule has 0 aromatic carbocycles. The minimum absolute atomic E-state index is 0.0392. The fraction of sp³-hybridized carbons (Fsp3) is 0.556. The summed E-state index contributed by atoms with van der Waals surface area (Å²) in [7, 11) is 1.51. The molecule has 0 bridgehead atoms. The van der Waals surface area contributed by atoms with E-state index in [2.05, 4.69) is 9.97 Å².